The van der Waals surface area contributed by atoms with Crippen LogP contribution in [0.3, 0.4) is 0 Å². The molecule has 54 valence electrons. The van der Waals surface area contributed by atoms with Crippen LogP contribution in [0.25, 0.3) is 0 Å². The van der Waals surface area contributed by atoms with Crippen LogP contribution in [0.15, 0.2) is 0 Å². The minimum absolute atomic E-state index is 0.319. The van der Waals surface area contributed by atoms with E-state index >= 15 is 0 Å². The Labute approximate surface area is 54.3 Å². The Morgan fingerprint density at radius 1 is 1.89 bits per heavy atom. The van der Waals surface area contributed by atoms with Crippen molar-refractivity contribution in [2.45, 2.75) is 19.9 Å². The van der Waals surface area contributed by atoms with Crippen LogP contribution in [-0.4, -0.2) is 18.6 Å². The number of rotatable bonds is 3. The second kappa shape index (κ2) is 4.29. The predicted molar refractivity (Wildman–Crippen MR) is 33.4 cm³/mol. The van der Waals surface area contributed by atoms with Gasteiger partial charge in [-0.3, -0.25) is 10.6 Å². The van der Waals surface area contributed by atoms with Crippen LogP contribution in [0.1, 0.15) is 13.8 Å². The molecule has 0 amide bonds. The molecule has 0 radical (unpaired) electrons. The van der Waals surface area contributed by atoms with Gasteiger partial charge in [0.15, 0.2) is 0 Å². The van der Waals surface area contributed by atoms with Crippen LogP contribution in [0.2, 0.25) is 0 Å². The monoisotopic (exact) mass is 132 g/mol. The van der Waals surface area contributed by atoms with E-state index in [1.165, 1.54) is 0 Å². The molecule has 3 N–H and O–H groups in total. The summed E-state index contributed by atoms with van der Waals surface area (Å²) in [5, 5.41) is 0. The van der Waals surface area contributed by atoms with Crippen LogP contribution in [0, 0.1) is 0 Å². The number of esters is 1. The summed E-state index contributed by atoms with van der Waals surface area (Å²) in [5.41, 5.74) is 2.27. The van der Waals surface area contributed by atoms with Gasteiger partial charge in [-0.05, 0) is 13.8 Å². The van der Waals surface area contributed by atoms with E-state index < -0.39 is 6.04 Å². The van der Waals surface area contributed by atoms with Gasteiger partial charge >= 0.3 is 5.97 Å². The third-order valence-electron chi connectivity index (χ3n) is 0.890. The van der Waals surface area contributed by atoms with Gasteiger partial charge in [0.1, 0.15) is 6.04 Å². The molecule has 0 aliphatic carbocycles. The third-order valence-corrected chi connectivity index (χ3v) is 0.890. The first-order valence-electron chi connectivity index (χ1n) is 2.85. The van der Waals surface area contributed by atoms with E-state index in [0.717, 1.165) is 0 Å². The van der Waals surface area contributed by atoms with Crippen molar-refractivity contribution in [2.24, 2.45) is 5.84 Å². The quantitative estimate of drug-likeness (QED) is 0.306. The van der Waals surface area contributed by atoms with Crippen molar-refractivity contribution in [3.05, 3.63) is 0 Å². The highest BCUT2D eigenvalue weighted by Crippen LogP contribution is 1.83. The van der Waals surface area contributed by atoms with Gasteiger partial charge in [0.05, 0.1) is 6.61 Å². The molecule has 4 nitrogen and oxygen atoms in total. The maximum Gasteiger partial charge on any atom is 0.324 e. The first-order chi connectivity index (χ1) is 4.22. The van der Waals surface area contributed by atoms with Crippen molar-refractivity contribution >= 4 is 5.97 Å². The smallest absolute Gasteiger partial charge is 0.324 e. The van der Waals surface area contributed by atoms with E-state index in [1.54, 1.807) is 13.8 Å². The van der Waals surface area contributed by atoms with Crippen LogP contribution in [-0.2, 0) is 9.53 Å². The van der Waals surface area contributed by atoms with Crippen LogP contribution < -0.4 is 11.3 Å². The van der Waals surface area contributed by atoms with Gasteiger partial charge in [-0.15, -0.1) is 0 Å². The number of hydrogen-bond donors (Lipinski definition) is 2. The zero-order chi connectivity index (χ0) is 7.28. The molecule has 0 bridgehead atoms. The van der Waals surface area contributed by atoms with E-state index in [0.29, 0.717) is 6.61 Å². The standard InChI is InChI=1S/C5H12N2O2/c1-3-9-5(8)4(2)7-6/h4,7H,3,6H2,1-2H3. The minimum Gasteiger partial charge on any atom is -0.465 e. The first-order valence-corrected chi connectivity index (χ1v) is 2.85. The van der Waals surface area contributed by atoms with Gasteiger partial charge in [0.25, 0.3) is 0 Å². The number of ether oxygens (including phenoxy) is 1. The van der Waals surface area contributed by atoms with Gasteiger partial charge in [-0.1, -0.05) is 0 Å². The van der Waals surface area contributed by atoms with Gasteiger partial charge in [-0.2, -0.15) is 0 Å². The molecule has 0 heterocycles. The largest absolute Gasteiger partial charge is 0.465 e. The number of nitrogens with one attached hydrogen (secondary N) is 1. The van der Waals surface area contributed by atoms with E-state index in [2.05, 4.69) is 10.2 Å². The van der Waals surface area contributed by atoms with Gasteiger partial charge in [-0.25, -0.2) is 5.43 Å². The molecule has 4 heteroatoms. The molecule has 0 aromatic carbocycles. The average molecular weight is 132 g/mol. The van der Waals surface area contributed by atoms with Crippen molar-refractivity contribution < 1.29 is 9.53 Å². The summed E-state index contributed by atoms with van der Waals surface area (Å²) in [6.07, 6.45) is 0. The highest BCUT2D eigenvalue weighted by Gasteiger charge is 2.09. The zero-order valence-electron chi connectivity index (χ0n) is 5.68. The number of carbonyl (C=O) groups is 1. The Morgan fingerprint density at radius 3 is 2.78 bits per heavy atom. The highest BCUT2D eigenvalue weighted by atomic mass is 16.5. The molecule has 0 aliphatic rings. The molecule has 0 aromatic rings. The zero-order valence-corrected chi connectivity index (χ0v) is 5.68. The minimum atomic E-state index is -0.412. The summed E-state index contributed by atoms with van der Waals surface area (Å²) in [6.45, 7) is 3.78. The Bertz CT molecular complexity index is 95.0. The maximum absolute atomic E-state index is 10.6. The van der Waals surface area contributed by atoms with Gasteiger partial charge in [0, 0.05) is 0 Å². The van der Waals surface area contributed by atoms with Crippen LogP contribution >= 0.6 is 0 Å². The summed E-state index contributed by atoms with van der Waals surface area (Å²) in [5.74, 6) is 4.63. The molecule has 9 heavy (non-hydrogen) atoms. The fourth-order valence-corrected chi connectivity index (χ4v) is 0.335. The Kier molecular flexibility index (Phi) is 4.00. The molecule has 0 spiro atoms. The molecular weight excluding hydrogens is 120 g/mol. The molecule has 0 aromatic heterocycles. The lowest BCUT2D eigenvalue weighted by Crippen LogP contribution is -2.39. The summed E-state index contributed by atoms with van der Waals surface area (Å²) < 4.78 is 4.61. The van der Waals surface area contributed by atoms with E-state index in [1.807, 2.05) is 0 Å². The summed E-state index contributed by atoms with van der Waals surface area (Å²) in [6, 6.07) is -0.412. The fourth-order valence-electron chi connectivity index (χ4n) is 0.335. The summed E-state index contributed by atoms with van der Waals surface area (Å²) >= 11 is 0. The number of hydrogen-bond acceptors (Lipinski definition) is 4. The lowest BCUT2D eigenvalue weighted by atomic mass is 10.4. The average Bonchev–Trinajstić information content (AvgIpc) is 1.87. The highest BCUT2D eigenvalue weighted by molar-refractivity contribution is 5.75. The van der Waals surface area contributed by atoms with E-state index in [4.69, 9.17) is 5.84 Å². The van der Waals surface area contributed by atoms with Crippen molar-refractivity contribution in [3.8, 4) is 0 Å². The van der Waals surface area contributed by atoms with Crippen molar-refractivity contribution in [2.75, 3.05) is 6.61 Å². The molecular formula is C5H12N2O2. The Balaban J connectivity index is 3.46. The third kappa shape index (κ3) is 3.05. The lowest BCUT2D eigenvalue weighted by Gasteiger charge is -2.07. The predicted octanol–water partition coefficient (Wildman–Crippen LogP) is -0.599. The second-order valence-corrected chi connectivity index (χ2v) is 1.64. The Morgan fingerprint density at radius 2 is 2.44 bits per heavy atom. The molecule has 0 saturated heterocycles. The molecule has 0 aliphatic heterocycles. The summed E-state index contributed by atoms with van der Waals surface area (Å²) in [4.78, 5) is 10.6. The number of carbonyl (C=O) groups excluding carboxylic acids is 1. The lowest BCUT2D eigenvalue weighted by molar-refractivity contribution is -0.145. The van der Waals surface area contributed by atoms with Crippen LogP contribution in [0.4, 0.5) is 0 Å². The maximum atomic E-state index is 10.6. The van der Waals surface area contributed by atoms with Crippen LogP contribution in [0.5, 0.6) is 0 Å². The number of hydrazine groups is 1. The summed E-state index contributed by atoms with van der Waals surface area (Å²) in [7, 11) is 0. The molecule has 0 rings (SSSR count). The topological polar surface area (TPSA) is 64.3 Å². The SMILES string of the molecule is CCOC(=O)C(C)NN. The molecule has 1 unspecified atom stereocenters. The molecule has 1 atom stereocenters. The van der Waals surface area contributed by atoms with Gasteiger partial charge in [0.2, 0.25) is 0 Å². The van der Waals surface area contributed by atoms with Crippen molar-refractivity contribution in [3.63, 3.8) is 0 Å². The first kappa shape index (κ1) is 8.39. The molecule has 0 saturated carbocycles. The van der Waals surface area contributed by atoms with Crippen molar-refractivity contribution in [1.82, 2.24) is 5.43 Å². The second-order valence-electron chi connectivity index (χ2n) is 1.64. The number of nitrogens with two attached hydrogens (primary N) is 1. The normalized spacial score (nSPS) is 12.8. The van der Waals surface area contributed by atoms with Crippen molar-refractivity contribution in [1.29, 1.82) is 0 Å². The van der Waals surface area contributed by atoms with Gasteiger partial charge < -0.3 is 4.74 Å². The Hall–Kier alpha value is -0.610. The van der Waals surface area contributed by atoms with E-state index in [-0.39, 0.29) is 5.97 Å². The molecule has 0 fully saturated rings. The van der Waals surface area contributed by atoms with E-state index in [9.17, 15) is 4.79 Å². The fraction of sp³-hybridized carbons (Fsp3) is 0.800.